The molecule has 2 aromatic rings. The number of hydrogen-bond acceptors (Lipinski definition) is 3. The van der Waals surface area contributed by atoms with Crippen molar-refractivity contribution >= 4 is 33.2 Å². The number of nitrogens with two attached hydrogens (primary N) is 1. The van der Waals surface area contributed by atoms with Crippen LogP contribution in [0, 0.1) is 11.6 Å². The Balaban J connectivity index is 2.38. The molecule has 0 atom stereocenters. The maximum absolute atomic E-state index is 13.7. The zero-order chi connectivity index (χ0) is 15.6. The van der Waals surface area contributed by atoms with Crippen LogP contribution in [0.15, 0.2) is 34.8 Å². The fraction of sp³-hybridized carbons (Fsp3) is 0.0714. The number of methoxy groups -OCH3 is 1. The first-order valence-corrected chi connectivity index (χ1v) is 6.61. The first-order valence-electron chi connectivity index (χ1n) is 5.82. The average molecular weight is 357 g/mol. The highest BCUT2D eigenvalue weighted by molar-refractivity contribution is 9.10. The lowest BCUT2D eigenvalue weighted by Crippen LogP contribution is -2.15. The van der Waals surface area contributed by atoms with Gasteiger partial charge in [0.05, 0.1) is 24.0 Å². The normalized spacial score (nSPS) is 10.3. The zero-order valence-electron chi connectivity index (χ0n) is 10.9. The van der Waals surface area contributed by atoms with E-state index in [1.165, 1.54) is 13.2 Å². The Morgan fingerprint density at radius 1 is 1.33 bits per heavy atom. The van der Waals surface area contributed by atoms with Gasteiger partial charge in [-0.2, -0.15) is 0 Å². The van der Waals surface area contributed by atoms with Gasteiger partial charge in [0.2, 0.25) is 0 Å². The topological polar surface area (TPSA) is 64.3 Å². The monoisotopic (exact) mass is 356 g/mol. The van der Waals surface area contributed by atoms with E-state index in [0.717, 1.165) is 6.07 Å². The Morgan fingerprint density at radius 3 is 2.67 bits per heavy atom. The fourth-order valence-corrected chi connectivity index (χ4v) is 2.31. The summed E-state index contributed by atoms with van der Waals surface area (Å²) in [5, 5.41) is 2.36. The van der Waals surface area contributed by atoms with E-state index >= 15 is 0 Å². The van der Waals surface area contributed by atoms with Gasteiger partial charge in [-0.25, -0.2) is 8.78 Å². The minimum atomic E-state index is -0.891. The summed E-state index contributed by atoms with van der Waals surface area (Å²) in [4.78, 5) is 12.2. The van der Waals surface area contributed by atoms with Gasteiger partial charge in [0, 0.05) is 10.5 Å². The SMILES string of the molecule is COc1c(N)cccc1C(=O)Nc1c(F)cc(F)cc1Br. The molecule has 0 fully saturated rings. The highest BCUT2D eigenvalue weighted by Crippen LogP contribution is 2.30. The molecule has 21 heavy (non-hydrogen) atoms. The van der Waals surface area contributed by atoms with Gasteiger partial charge in [-0.15, -0.1) is 0 Å². The number of nitrogen functional groups attached to an aromatic ring is 1. The number of hydrogen-bond donors (Lipinski definition) is 2. The molecule has 2 aromatic carbocycles. The number of amides is 1. The molecular formula is C14H11BrF2N2O2. The minimum Gasteiger partial charge on any atom is -0.494 e. The molecule has 0 saturated heterocycles. The van der Waals surface area contributed by atoms with Crippen molar-refractivity contribution in [2.75, 3.05) is 18.2 Å². The maximum Gasteiger partial charge on any atom is 0.259 e. The van der Waals surface area contributed by atoms with Gasteiger partial charge in [0.25, 0.3) is 5.91 Å². The van der Waals surface area contributed by atoms with Crippen molar-refractivity contribution in [3.63, 3.8) is 0 Å². The molecule has 0 heterocycles. The molecule has 0 aromatic heterocycles. The molecule has 0 aliphatic carbocycles. The predicted molar refractivity (Wildman–Crippen MR) is 79.4 cm³/mol. The van der Waals surface area contributed by atoms with Crippen LogP contribution >= 0.6 is 15.9 Å². The molecular weight excluding hydrogens is 346 g/mol. The van der Waals surface area contributed by atoms with E-state index in [1.807, 2.05) is 0 Å². The molecule has 0 aliphatic rings. The molecule has 1 amide bonds. The smallest absolute Gasteiger partial charge is 0.259 e. The Labute approximate surface area is 128 Å². The highest BCUT2D eigenvalue weighted by Gasteiger charge is 2.18. The minimum absolute atomic E-state index is 0.0937. The predicted octanol–water partition coefficient (Wildman–Crippen LogP) is 3.57. The number of benzene rings is 2. The van der Waals surface area contributed by atoms with Crippen LogP contribution in [0.1, 0.15) is 10.4 Å². The van der Waals surface area contributed by atoms with Crippen LogP contribution in [0.3, 0.4) is 0 Å². The Bertz CT molecular complexity index is 684. The van der Waals surface area contributed by atoms with E-state index in [1.54, 1.807) is 12.1 Å². The second-order valence-corrected chi connectivity index (χ2v) is 4.98. The van der Waals surface area contributed by atoms with Crippen molar-refractivity contribution in [1.29, 1.82) is 0 Å². The number of halogens is 3. The number of ether oxygens (including phenoxy) is 1. The lowest BCUT2D eigenvalue weighted by atomic mass is 10.1. The molecule has 0 aliphatic heterocycles. The number of anilines is 2. The van der Waals surface area contributed by atoms with Gasteiger partial charge in [0.15, 0.2) is 11.6 Å². The summed E-state index contributed by atoms with van der Waals surface area (Å²) < 4.78 is 31.9. The van der Waals surface area contributed by atoms with Crippen molar-refractivity contribution < 1.29 is 18.3 Å². The number of carbonyl (C=O) groups is 1. The van der Waals surface area contributed by atoms with E-state index in [2.05, 4.69) is 21.2 Å². The van der Waals surface area contributed by atoms with Crippen molar-refractivity contribution in [2.45, 2.75) is 0 Å². The summed E-state index contributed by atoms with van der Waals surface area (Å²) in [6, 6.07) is 6.36. The summed E-state index contributed by atoms with van der Waals surface area (Å²) in [6.45, 7) is 0. The van der Waals surface area contributed by atoms with Crippen LogP contribution in [-0.4, -0.2) is 13.0 Å². The fourth-order valence-electron chi connectivity index (χ4n) is 1.80. The summed E-state index contributed by atoms with van der Waals surface area (Å²) >= 11 is 3.00. The van der Waals surface area contributed by atoms with E-state index in [-0.39, 0.29) is 27.2 Å². The molecule has 0 spiro atoms. The maximum atomic E-state index is 13.7. The van der Waals surface area contributed by atoms with Gasteiger partial charge < -0.3 is 15.8 Å². The first-order chi connectivity index (χ1) is 9.93. The lowest BCUT2D eigenvalue weighted by Gasteiger charge is -2.12. The molecule has 7 heteroatoms. The van der Waals surface area contributed by atoms with Crippen molar-refractivity contribution in [3.05, 3.63) is 52.0 Å². The second kappa shape index (κ2) is 6.09. The standard InChI is InChI=1S/C14H11BrF2N2O2/c1-21-13-8(3-2-4-11(13)18)14(20)19-12-9(15)5-7(16)6-10(12)17/h2-6H,18H2,1H3,(H,19,20). The van der Waals surface area contributed by atoms with Gasteiger partial charge in [0.1, 0.15) is 5.82 Å². The molecule has 0 radical (unpaired) electrons. The van der Waals surface area contributed by atoms with Crippen LogP contribution in [0.4, 0.5) is 20.2 Å². The molecule has 3 N–H and O–H groups in total. The molecule has 0 unspecified atom stereocenters. The largest absolute Gasteiger partial charge is 0.494 e. The number of para-hydroxylation sites is 1. The van der Waals surface area contributed by atoms with Crippen LogP contribution in [0.5, 0.6) is 5.75 Å². The summed E-state index contributed by atoms with van der Waals surface area (Å²) in [7, 11) is 1.37. The van der Waals surface area contributed by atoms with Crippen LogP contribution in [-0.2, 0) is 0 Å². The highest BCUT2D eigenvalue weighted by atomic mass is 79.9. The van der Waals surface area contributed by atoms with Crippen LogP contribution in [0.25, 0.3) is 0 Å². The van der Waals surface area contributed by atoms with Gasteiger partial charge in [-0.05, 0) is 34.1 Å². The Morgan fingerprint density at radius 2 is 2.05 bits per heavy atom. The van der Waals surface area contributed by atoms with E-state index in [4.69, 9.17) is 10.5 Å². The summed E-state index contributed by atoms with van der Waals surface area (Å²) in [6.07, 6.45) is 0. The molecule has 2 rings (SSSR count). The molecule has 110 valence electrons. The van der Waals surface area contributed by atoms with Crippen molar-refractivity contribution in [3.8, 4) is 5.75 Å². The Hall–Kier alpha value is -2.15. The van der Waals surface area contributed by atoms with E-state index in [9.17, 15) is 13.6 Å². The van der Waals surface area contributed by atoms with Gasteiger partial charge >= 0.3 is 0 Å². The third kappa shape index (κ3) is 3.13. The average Bonchev–Trinajstić information content (AvgIpc) is 2.42. The number of carbonyl (C=O) groups excluding carboxylic acids is 1. The van der Waals surface area contributed by atoms with Crippen LogP contribution < -0.4 is 15.8 Å². The van der Waals surface area contributed by atoms with E-state index < -0.39 is 17.5 Å². The van der Waals surface area contributed by atoms with Crippen molar-refractivity contribution in [1.82, 2.24) is 0 Å². The molecule has 0 saturated carbocycles. The summed E-state index contributed by atoms with van der Waals surface area (Å²) in [5.74, 6) is -2.07. The lowest BCUT2D eigenvalue weighted by molar-refractivity contribution is 0.102. The third-order valence-electron chi connectivity index (χ3n) is 2.74. The second-order valence-electron chi connectivity index (χ2n) is 4.13. The Kier molecular flexibility index (Phi) is 4.42. The van der Waals surface area contributed by atoms with E-state index in [0.29, 0.717) is 6.07 Å². The quantitative estimate of drug-likeness (QED) is 0.826. The molecule has 4 nitrogen and oxygen atoms in total. The molecule has 0 bridgehead atoms. The zero-order valence-corrected chi connectivity index (χ0v) is 12.5. The summed E-state index contributed by atoms with van der Waals surface area (Å²) in [5.41, 5.74) is 5.97. The van der Waals surface area contributed by atoms with Gasteiger partial charge in [-0.1, -0.05) is 6.07 Å². The van der Waals surface area contributed by atoms with Crippen molar-refractivity contribution in [2.24, 2.45) is 0 Å². The van der Waals surface area contributed by atoms with Gasteiger partial charge in [-0.3, -0.25) is 4.79 Å². The first kappa shape index (κ1) is 15.2. The number of nitrogens with one attached hydrogen (secondary N) is 1. The number of rotatable bonds is 3. The van der Waals surface area contributed by atoms with Crippen LogP contribution in [0.2, 0.25) is 0 Å². The third-order valence-corrected chi connectivity index (χ3v) is 3.37.